The molecule has 1 rings (SSSR count). The lowest BCUT2D eigenvalue weighted by Gasteiger charge is -2.30. The van der Waals surface area contributed by atoms with Crippen LogP contribution in [0, 0.1) is 0 Å². The fourth-order valence-electron chi connectivity index (χ4n) is 2.07. The summed E-state index contributed by atoms with van der Waals surface area (Å²) in [7, 11) is 0. The zero-order chi connectivity index (χ0) is 14.4. The van der Waals surface area contributed by atoms with Crippen LogP contribution in [0.3, 0.4) is 0 Å². The molecule has 1 aromatic rings. The molecule has 0 aliphatic heterocycles. The molecule has 0 atom stereocenters. The molecule has 0 aliphatic rings. The predicted octanol–water partition coefficient (Wildman–Crippen LogP) is 5.13. The maximum Gasteiger partial charge on any atom is 0.254 e. The molecule has 0 aliphatic carbocycles. The molecule has 0 bridgehead atoms. The number of carbonyl (C=O) groups is 1. The first-order valence-electron chi connectivity index (χ1n) is 6.37. The van der Waals surface area contributed by atoms with E-state index in [0.717, 1.165) is 22.6 Å². The van der Waals surface area contributed by atoms with E-state index in [1.165, 1.54) is 0 Å². The molecule has 0 spiro atoms. The van der Waals surface area contributed by atoms with Gasteiger partial charge in [-0.3, -0.25) is 4.79 Å². The SMILES string of the molecule is CCC(CC)N(CCBr)C(=O)c1ccc(Br)c(Cl)c1. The third kappa shape index (κ3) is 4.47. The van der Waals surface area contributed by atoms with E-state index >= 15 is 0 Å². The quantitative estimate of drug-likeness (QED) is 0.595. The Morgan fingerprint density at radius 1 is 1.37 bits per heavy atom. The highest BCUT2D eigenvalue weighted by molar-refractivity contribution is 9.10. The van der Waals surface area contributed by atoms with Gasteiger partial charge in [0, 0.05) is 28.0 Å². The average Bonchev–Trinajstić information content (AvgIpc) is 2.41. The Bertz CT molecular complexity index is 435. The number of hydrogen-bond donors (Lipinski definition) is 0. The van der Waals surface area contributed by atoms with E-state index in [1.54, 1.807) is 6.07 Å². The Kier molecular flexibility index (Phi) is 7.40. The van der Waals surface area contributed by atoms with Gasteiger partial charge >= 0.3 is 0 Å². The summed E-state index contributed by atoms with van der Waals surface area (Å²) in [6, 6.07) is 5.61. The van der Waals surface area contributed by atoms with E-state index in [9.17, 15) is 4.79 Å². The van der Waals surface area contributed by atoms with Crippen molar-refractivity contribution in [1.29, 1.82) is 0 Å². The van der Waals surface area contributed by atoms with E-state index in [0.29, 0.717) is 17.1 Å². The van der Waals surface area contributed by atoms with Gasteiger partial charge in [0.2, 0.25) is 0 Å². The van der Waals surface area contributed by atoms with Gasteiger partial charge in [0.25, 0.3) is 5.91 Å². The molecule has 0 unspecified atom stereocenters. The number of alkyl halides is 1. The Hall–Kier alpha value is -0.0600. The fourth-order valence-corrected chi connectivity index (χ4v) is 2.87. The van der Waals surface area contributed by atoms with Crippen LogP contribution in [0.1, 0.15) is 37.0 Å². The van der Waals surface area contributed by atoms with Crippen LogP contribution in [-0.2, 0) is 0 Å². The monoisotopic (exact) mass is 409 g/mol. The summed E-state index contributed by atoms with van der Waals surface area (Å²) in [5.41, 5.74) is 0.640. The van der Waals surface area contributed by atoms with E-state index < -0.39 is 0 Å². The van der Waals surface area contributed by atoms with Gasteiger partial charge in [-0.05, 0) is 47.0 Å². The average molecular weight is 412 g/mol. The van der Waals surface area contributed by atoms with Crippen LogP contribution in [-0.4, -0.2) is 28.7 Å². The first kappa shape index (κ1) is 17.0. The third-order valence-corrected chi connectivity index (χ3v) is 4.72. The Labute approximate surface area is 136 Å². The lowest BCUT2D eigenvalue weighted by molar-refractivity contribution is 0.0683. The molecule has 1 amide bonds. The second-order valence-electron chi connectivity index (χ2n) is 4.29. The normalized spacial score (nSPS) is 10.8. The minimum atomic E-state index is 0.0440. The zero-order valence-electron chi connectivity index (χ0n) is 11.1. The number of nitrogens with zero attached hydrogens (tertiary/aromatic N) is 1. The molecule has 0 heterocycles. The van der Waals surface area contributed by atoms with Gasteiger partial charge in [-0.25, -0.2) is 0 Å². The Balaban J connectivity index is 3.01. The van der Waals surface area contributed by atoms with Gasteiger partial charge in [-0.15, -0.1) is 0 Å². The summed E-state index contributed by atoms with van der Waals surface area (Å²) < 4.78 is 0.806. The molecular weight excluding hydrogens is 393 g/mol. The number of benzene rings is 1. The van der Waals surface area contributed by atoms with Crippen LogP contribution in [0.2, 0.25) is 5.02 Å². The van der Waals surface area contributed by atoms with Crippen molar-refractivity contribution in [3.8, 4) is 0 Å². The second-order valence-corrected chi connectivity index (χ2v) is 6.34. The molecule has 0 saturated heterocycles. The maximum atomic E-state index is 12.6. The highest BCUT2D eigenvalue weighted by atomic mass is 79.9. The fraction of sp³-hybridized carbons (Fsp3) is 0.500. The smallest absolute Gasteiger partial charge is 0.254 e. The molecule has 2 nitrogen and oxygen atoms in total. The van der Waals surface area contributed by atoms with Gasteiger partial charge in [0.1, 0.15) is 0 Å². The van der Waals surface area contributed by atoms with Crippen LogP contribution in [0.25, 0.3) is 0 Å². The first-order valence-corrected chi connectivity index (χ1v) is 8.66. The number of rotatable bonds is 6. The lowest BCUT2D eigenvalue weighted by Crippen LogP contribution is -2.41. The summed E-state index contributed by atoms with van der Waals surface area (Å²) in [5, 5.41) is 1.34. The molecule has 0 N–H and O–H groups in total. The number of carbonyl (C=O) groups excluding carboxylic acids is 1. The van der Waals surface area contributed by atoms with E-state index in [2.05, 4.69) is 45.7 Å². The highest BCUT2D eigenvalue weighted by Crippen LogP contribution is 2.24. The summed E-state index contributed by atoms with van der Waals surface area (Å²) in [5.74, 6) is 0.0440. The van der Waals surface area contributed by atoms with Crippen LogP contribution in [0.4, 0.5) is 0 Å². The molecule has 0 fully saturated rings. The van der Waals surface area contributed by atoms with Crippen LogP contribution >= 0.6 is 43.5 Å². The summed E-state index contributed by atoms with van der Waals surface area (Å²) in [6.45, 7) is 4.92. The molecule has 1 aromatic carbocycles. The number of halogens is 3. The number of amides is 1. The van der Waals surface area contributed by atoms with Crippen molar-refractivity contribution in [3.05, 3.63) is 33.3 Å². The zero-order valence-corrected chi connectivity index (χ0v) is 15.1. The molecular formula is C14H18Br2ClNO. The molecule has 0 aromatic heterocycles. The number of hydrogen-bond acceptors (Lipinski definition) is 1. The van der Waals surface area contributed by atoms with Crippen LogP contribution in [0.5, 0.6) is 0 Å². The topological polar surface area (TPSA) is 20.3 Å². The van der Waals surface area contributed by atoms with Crippen molar-refractivity contribution in [2.24, 2.45) is 0 Å². The minimum Gasteiger partial charge on any atom is -0.335 e. The van der Waals surface area contributed by atoms with Gasteiger partial charge in [-0.2, -0.15) is 0 Å². The van der Waals surface area contributed by atoms with E-state index in [1.807, 2.05) is 17.0 Å². The van der Waals surface area contributed by atoms with Gasteiger partial charge in [-0.1, -0.05) is 41.4 Å². The van der Waals surface area contributed by atoms with E-state index in [-0.39, 0.29) is 11.9 Å². The van der Waals surface area contributed by atoms with Crippen molar-refractivity contribution in [2.45, 2.75) is 32.7 Å². The Morgan fingerprint density at radius 3 is 2.47 bits per heavy atom. The van der Waals surface area contributed by atoms with Crippen LogP contribution in [0.15, 0.2) is 22.7 Å². The molecule has 0 radical (unpaired) electrons. The van der Waals surface area contributed by atoms with Crippen LogP contribution < -0.4 is 0 Å². The minimum absolute atomic E-state index is 0.0440. The van der Waals surface area contributed by atoms with E-state index in [4.69, 9.17) is 11.6 Å². The maximum absolute atomic E-state index is 12.6. The largest absolute Gasteiger partial charge is 0.335 e. The predicted molar refractivity (Wildman–Crippen MR) is 88.4 cm³/mol. The Morgan fingerprint density at radius 2 is 2.00 bits per heavy atom. The molecule has 19 heavy (non-hydrogen) atoms. The van der Waals surface area contributed by atoms with Crippen molar-refractivity contribution < 1.29 is 4.79 Å². The van der Waals surface area contributed by atoms with Crippen molar-refractivity contribution in [1.82, 2.24) is 4.90 Å². The molecule has 5 heteroatoms. The highest BCUT2D eigenvalue weighted by Gasteiger charge is 2.22. The summed E-state index contributed by atoms with van der Waals surface area (Å²) in [6.07, 6.45) is 1.92. The van der Waals surface area contributed by atoms with Crippen molar-refractivity contribution in [3.63, 3.8) is 0 Å². The summed E-state index contributed by atoms with van der Waals surface area (Å²) in [4.78, 5) is 14.5. The second kappa shape index (κ2) is 8.28. The third-order valence-electron chi connectivity index (χ3n) is 3.14. The van der Waals surface area contributed by atoms with Gasteiger partial charge in [0.05, 0.1) is 5.02 Å². The van der Waals surface area contributed by atoms with Gasteiger partial charge in [0.15, 0.2) is 0 Å². The van der Waals surface area contributed by atoms with Crippen molar-refractivity contribution in [2.75, 3.05) is 11.9 Å². The van der Waals surface area contributed by atoms with Crippen molar-refractivity contribution >= 4 is 49.4 Å². The molecule has 0 saturated carbocycles. The van der Waals surface area contributed by atoms with Gasteiger partial charge < -0.3 is 4.90 Å². The summed E-state index contributed by atoms with van der Waals surface area (Å²) >= 11 is 12.8. The standard InChI is InChI=1S/C14H18Br2ClNO/c1-3-11(4-2)18(8-7-15)14(19)10-5-6-12(16)13(17)9-10/h5-6,9,11H,3-4,7-8H2,1-2H3. The lowest BCUT2D eigenvalue weighted by atomic mass is 10.1. The molecule has 106 valence electrons. The first-order chi connectivity index (χ1) is 9.04.